The SMILES string of the molecule is COCCOCOc1ccc2c3c1O[C@H]1C(OCCOC)CC[C@@]4(O)[C@@H](C2)N(CC2CCC2)CC[C@]314. The zero-order valence-electron chi connectivity index (χ0n) is 21.7. The van der Waals surface area contributed by atoms with E-state index in [4.69, 9.17) is 28.4 Å². The Morgan fingerprint density at radius 2 is 1.89 bits per heavy atom. The number of likely N-dealkylation sites (tertiary alicyclic amines) is 1. The van der Waals surface area contributed by atoms with Crippen molar-refractivity contribution in [1.82, 2.24) is 4.90 Å². The average molecular weight is 504 g/mol. The first-order valence-electron chi connectivity index (χ1n) is 13.7. The van der Waals surface area contributed by atoms with E-state index in [9.17, 15) is 5.11 Å². The summed E-state index contributed by atoms with van der Waals surface area (Å²) in [6.07, 6.45) is 6.87. The second kappa shape index (κ2) is 10.0. The molecule has 8 nitrogen and oxygen atoms in total. The summed E-state index contributed by atoms with van der Waals surface area (Å²) in [5, 5.41) is 12.7. The van der Waals surface area contributed by atoms with Crippen LogP contribution in [0.15, 0.2) is 12.1 Å². The molecule has 8 heteroatoms. The summed E-state index contributed by atoms with van der Waals surface area (Å²) in [7, 11) is 3.35. The van der Waals surface area contributed by atoms with E-state index in [0.717, 1.165) is 56.0 Å². The minimum absolute atomic E-state index is 0.0941. The lowest BCUT2D eigenvalue weighted by Gasteiger charge is -2.64. The lowest BCUT2D eigenvalue weighted by molar-refractivity contribution is -0.217. The summed E-state index contributed by atoms with van der Waals surface area (Å²) in [4.78, 5) is 2.60. The van der Waals surface area contributed by atoms with E-state index >= 15 is 0 Å². The Bertz CT molecular complexity index is 939. The number of aliphatic hydroxyl groups is 1. The molecule has 3 aliphatic carbocycles. The van der Waals surface area contributed by atoms with Gasteiger partial charge in [-0.3, -0.25) is 4.90 Å². The first-order valence-corrected chi connectivity index (χ1v) is 13.7. The zero-order chi connectivity index (χ0) is 24.8. The van der Waals surface area contributed by atoms with Crippen LogP contribution in [0.5, 0.6) is 11.5 Å². The molecule has 1 aromatic rings. The third-order valence-corrected chi connectivity index (χ3v) is 9.57. The van der Waals surface area contributed by atoms with Crippen LogP contribution in [0.2, 0.25) is 0 Å². The van der Waals surface area contributed by atoms with Crippen LogP contribution in [-0.4, -0.2) is 94.4 Å². The summed E-state index contributed by atoms with van der Waals surface area (Å²) in [6.45, 7) is 4.28. The first-order chi connectivity index (χ1) is 17.6. The highest BCUT2D eigenvalue weighted by atomic mass is 16.7. The Morgan fingerprint density at radius 3 is 2.67 bits per heavy atom. The van der Waals surface area contributed by atoms with Gasteiger partial charge in [-0.05, 0) is 62.6 Å². The van der Waals surface area contributed by atoms with Gasteiger partial charge < -0.3 is 33.5 Å². The van der Waals surface area contributed by atoms with Crippen LogP contribution in [-0.2, 0) is 30.8 Å². The smallest absolute Gasteiger partial charge is 0.189 e. The zero-order valence-corrected chi connectivity index (χ0v) is 21.7. The highest BCUT2D eigenvalue weighted by molar-refractivity contribution is 5.63. The number of hydrogen-bond acceptors (Lipinski definition) is 8. The van der Waals surface area contributed by atoms with Crippen molar-refractivity contribution in [2.45, 2.75) is 74.2 Å². The summed E-state index contributed by atoms with van der Waals surface area (Å²) in [6, 6.07) is 4.31. The number of benzene rings is 1. The van der Waals surface area contributed by atoms with Gasteiger partial charge in [-0.15, -0.1) is 0 Å². The van der Waals surface area contributed by atoms with Crippen LogP contribution in [0.25, 0.3) is 0 Å². The Kier molecular flexibility index (Phi) is 6.94. The molecule has 36 heavy (non-hydrogen) atoms. The van der Waals surface area contributed by atoms with Crippen molar-refractivity contribution in [3.8, 4) is 11.5 Å². The van der Waals surface area contributed by atoms with E-state index < -0.39 is 11.0 Å². The molecule has 2 aliphatic heterocycles. The Hall–Kier alpha value is -1.42. The van der Waals surface area contributed by atoms with Gasteiger partial charge in [0, 0.05) is 32.4 Å². The molecule has 1 N–H and O–H groups in total. The van der Waals surface area contributed by atoms with Gasteiger partial charge in [-0.2, -0.15) is 0 Å². The summed E-state index contributed by atoms with van der Waals surface area (Å²) < 4.78 is 35.1. The van der Waals surface area contributed by atoms with Crippen LogP contribution in [0.3, 0.4) is 0 Å². The minimum atomic E-state index is -0.841. The molecule has 3 fully saturated rings. The van der Waals surface area contributed by atoms with Crippen molar-refractivity contribution < 1.29 is 33.5 Å². The van der Waals surface area contributed by atoms with Crippen molar-refractivity contribution in [1.29, 1.82) is 0 Å². The molecule has 2 heterocycles. The Labute approximate surface area is 214 Å². The topological polar surface area (TPSA) is 78.9 Å². The fourth-order valence-corrected chi connectivity index (χ4v) is 7.67. The molecule has 5 atom stereocenters. The normalized spacial score (nSPS) is 34.7. The van der Waals surface area contributed by atoms with Crippen LogP contribution < -0.4 is 9.47 Å². The molecule has 6 rings (SSSR count). The number of hydrogen-bond donors (Lipinski definition) is 1. The van der Waals surface area contributed by atoms with Crippen molar-refractivity contribution in [3.63, 3.8) is 0 Å². The van der Waals surface area contributed by atoms with E-state index in [1.165, 1.54) is 24.8 Å². The number of nitrogens with zero attached hydrogens (tertiary/aromatic N) is 1. The maximum atomic E-state index is 12.7. The molecular formula is C28H41NO7. The molecule has 1 aromatic carbocycles. The molecule has 0 amide bonds. The van der Waals surface area contributed by atoms with Gasteiger partial charge in [-0.25, -0.2) is 0 Å². The van der Waals surface area contributed by atoms with Crippen LogP contribution >= 0.6 is 0 Å². The largest absolute Gasteiger partial charge is 0.482 e. The molecule has 1 unspecified atom stereocenters. The maximum Gasteiger partial charge on any atom is 0.189 e. The number of ether oxygens (including phenoxy) is 6. The summed E-state index contributed by atoms with van der Waals surface area (Å²) in [5.74, 6) is 2.24. The third kappa shape index (κ3) is 3.79. The minimum Gasteiger partial charge on any atom is -0.482 e. The predicted octanol–water partition coefficient (Wildman–Crippen LogP) is 2.67. The molecule has 0 radical (unpaired) electrons. The van der Waals surface area contributed by atoms with Gasteiger partial charge in [0.15, 0.2) is 18.3 Å². The second-order valence-corrected chi connectivity index (χ2v) is 11.2. The standard InChI is InChI=1S/C28H41NO7/c1-31-12-14-33-18-35-21-7-6-20-16-23-28(30)9-8-22(34-15-13-32-2)26-27(28,24(20)25(21)36-26)10-11-29(23)17-19-4-3-5-19/h6-7,19,22-23,26,30H,3-5,8-18H2,1-2H3/t22?,23-,26+,27+,28-/m1/s1. The van der Waals surface area contributed by atoms with Crippen LogP contribution in [0, 0.1) is 5.92 Å². The van der Waals surface area contributed by atoms with Crippen LogP contribution in [0.1, 0.15) is 49.7 Å². The number of piperidine rings is 1. The molecule has 1 saturated heterocycles. The summed E-state index contributed by atoms with van der Waals surface area (Å²) >= 11 is 0. The highest BCUT2D eigenvalue weighted by Gasteiger charge is 2.73. The van der Waals surface area contributed by atoms with E-state index in [1.807, 2.05) is 6.07 Å². The fourth-order valence-electron chi connectivity index (χ4n) is 7.67. The van der Waals surface area contributed by atoms with E-state index in [1.54, 1.807) is 14.2 Å². The first kappa shape index (κ1) is 24.9. The lowest BCUT2D eigenvalue weighted by Crippen LogP contribution is -2.77. The maximum absolute atomic E-state index is 12.7. The lowest BCUT2D eigenvalue weighted by atomic mass is 9.48. The molecule has 5 aliphatic rings. The number of rotatable bonds is 12. The van der Waals surface area contributed by atoms with Crippen molar-refractivity contribution in [3.05, 3.63) is 23.3 Å². The van der Waals surface area contributed by atoms with Gasteiger partial charge in [0.25, 0.3) is 0 Å². The molecule has 200 valence electrons. The molecular weight excluding hydrogens is 462 g/mol. The van der Waals surface area contributed by atoms with E-state index in [0.29, 0.717) is 32.2 Å². The molecule has 2 bridgehead atoms. The number of methoxy groups -OCH3 is 2. The Morgan fingerprint density at radius 1 is 1.06 bits per heavy atom. The molecule has 1 spiro atoms. The van der Waals surface area contributed by atoms with Gasteiger partial charge in [0.2, 0.25) is 0 Å². The van der Waals surface area contributed by atoms with Gasteiger partial charge in [0.05, 0.1) is 43.5 Å². The quantitative estimate of drug-likeness (QED) is 0.345. The van der Waals surface area contributed by atoms with Crippen molar-refractivity contribution >= 4 is 0 Å². The van der Waals surface area contributed by atoms with E-state index in [2.05, 4.69) is 11.0 Å². The highest BCUT2D eigenvalue weighted by Crippen LogP contribution is 2.66. The van der Waals surface area contributed by atoms with Crippen molar-refractivity contribution in [2.75, 3.05) is 60.5 Å². The second-order valence-electron chi connectivity index (χ2n) is 11.2. The fraction of sp³-hybridized carbons (Fsp3) is 0.786. The van der Waals surface area contributed by atoms with Crippen molar-refractivity contribution in [2.24, 2.45) is 5.92 Å². The Balaban J connectivity index is 1.34. The monoisotopic (exact) mass is 503 g/mol. The molecule has 0 aromatic heterocycles. The van der Waals surface area contributed by atoms with Gasteiger partial charge in [0.1, 0.15) is 6.10 Å². The van der Waals surface area contributed by atoms with Gasteiger partial charge >= 0.3 is 0 Å². The molecule has 2 saturated carbocycles. The summed E-state index contributed by atoms with van der Waals surface area (Å²) in [5.41, 5.74) is 1.12. The third-order valence-electron chi connectivity index (χ3n) is 9.57. The average Bonchev–Trinajstić information content (AvgIpc) is 3.20. The van der Waals surface area contributed by atoms with Crippen LogP contribution in [0.4, 0.5) is 0 Å². The van der Waals surface area contributed by atoms with E-state index in [-0.39, 0.29) is 25.0 Å². The van der Waals surface area contributed by atoms with Gasteiger partial charge in [-0.1, -0.05) is 12.5 Å². The predicted molar refractivity (Wildman–Crippen MR) is 133 cm³/mol.